The number of nitrogens with two attached hydrogens (primary N) is 1. The zero-order chi connectivity index (χ0) is 24.6. The Morgan fingerprint density at radius 2 is 1.88 bits per heavy atom. The second-order valence-electron chi connectivity index (χ2n) is 7.21. The molecule has 4 aromatic rings. The van der Waals surface area contributed by atoms with Crippen LogP contribution >= 0.6 is 0 Å². The standard InChI is InChI=1S/C22H17F4N7O/c1-29-16-9-30-8-13(19(16)20(27)28)11-4-5-33-17(10-31-18(33)6-11)21(34)32-15-7-12(22(24,25)26)2-3-14(15)23/h2-10,29H,1H3,(H3,27,28)(H,32,34). The molecule has 0 atom stereocenters. The summed E-state index contributed by atoms with van der Waals surface area (Å²) >= 11 is 0. The number of pyridine rings is 2. The minimum atomic E-state index is -4.69. The van der Waals surface area contributed by atoms with Crippen LogP contribution in [0.15, 0.2) is 55.1 Å². The van der Waals surface area contributed by atoms with E-state index in [-0.39, 0.29) is 11.5 Å². The average molecular weight is 471 g/mol. The number of hydrogen-bond donors (Lipinski definition) is 4. The highest BCUT2D eigenvalue weighted by atomic mass is 19.4. The Bertz CT molecular complexity index is 1430. The van der Waals surface area contributed by atoms with Gasteiger partial charge >= 0.3 is 6.18 Å². The van der Waals surface area contributed by atoms with Crippen LogP contribution in [0.25, 0.3) is 16.8 Å². The fourth-order valence-corrected chi connectivity index (χ4v) is 3.46. The number of nitrogen functional groups attached to an aromatic ring is 1. The van der Waals surface area contributed by atoms with Gasteiger partial charge in [0.25, 0.3) is 5.91 Å². The Hall–Kier alpha value is -4.48. The summed E-state index contributed by atoms with van der Waals surface area (Å²) in [6.45, 7) is 0. The Morgan fingerprint density at radius 3 is 2.56 bits per heavy atom. The highest BCUT2D eigenvalue weighted by Gasteiger charge is 2.31. The van der Waals surface area contributed by atoms with Crippen molar-refractivity contribution < 1.29 is 22.4 Å². The number of aromatic nitrogens is 3. The molecule has 0 radical (unpaired) electrons. The SMILES string of the molecule is CNc1cncc(-c2ccn3c(C(=O)Nc4cc(C(F)(F)F)ccc4F)cnc3c2)c1C(=N)N. The van der Waals surface area contributed by atoms with Gasteiger partial charge in [-0.2, -0.15) is 13.2 Å². The van der Waals surface area contributed by atoms with E-state index in [0.717, 1.165) is 0 Å². The number of amidine groups is 1. The Labute approximate surface area is 190 Å². The van der Waals surface area contributed by atoms with E-state index in [9.17, 15) is 22.4 Å². The van der Waals surface area contributed by atoms with Crippen molar-refractivity contribution in [3.63, 3.8) is 0 Å². The number of carbonyl (C=O) groups excluding carboxylic acids is 1. The smallest absolute Gasteiger partial charge is 0.386 e. The summed E-state index contributed by atoms with van der Waals surface area (Å²) in [6.07, 6.45) is 1.12. The van der Waals surface area contributed by atoms with Crippen LogP contribution in [0.4, 0.5) is 28.9 Å². The van der Waals surface area contributed by atoms with Crippen molar-refractivity contribution >= 4 is 28.8 Å². The highest BCUT2D eigenvalue weighted by Crippen LogP contribution is 2.32. The number of fused-ring (bicyclic) bond motifs is 1. The first kappa shape index (κ1) is 22.7. The summed E-state index contributed by atoms with van der Waals surface area (Å²) < 4.78 is 54.3. The lowest BCUT2D eigenvalue weighted by Crippen LogP contribution is -2.16. The molecule has 1 amide bonds. The number of nitrogens with zero attached hydrogens (tertiary/aromatic N) is 3. The lowest BCUT2D eigenvalue weighted by Gasteiger charge is -2.13. The van der Waals surface area contributed by atoms with Gasteiger partial charge in [0.2, 0.25) is 0 Å². The summed E-state index contributed by atoms with van der Waals surface area (Å²) in [6, 6.07) is 5.02. The molecule has 0 saturated carbocycles. The Kier molecular flexibility index (Phi) is 5.65. The molecule has 0 aliphatic heterocycles. The van der Waals surface area contributed by atoms with E-state index in [1.54, 1.807) is 19.2 Å². The summed E-state index contributed by atoms with van der Waals surface area (Å²) in [5.74, 6) is -2.03. The third-order valence-corrected chi connectivity index (χ3v) is 5.08. The van der Waals surface area contributed by atoms with Gasteiger partial charge in [-0.25, -0.2) is 9.37 Å². The second-order valence-corrected chi connectivity index (χ2v) is 7.21. The quantitative estimate of drug-likeness (QED) is 0.198. The maximum Gasteiger partial charge on any atom is 0.416 e. The second kappa shape index (κ2) is 8.46. The highest BCUT2D eigenvalue weighted by molar-refractivity contribution is 6.06. The van der Waals surface area contributed by atoms with E-state index >= 15 is 0 Å². The number of imidazole rings is 1. The van der Waals surface area contributed by atoms with Gasteiger partial charge in [0.15, 0.2) is 0 Å². The molecule has 12 heteroatoms. The van der Waals surface area contributed by atoms with E-state index in [4.69, 9.17) is 11.1 Å². The lowest BCUT2D eigenvalue weighted by molar-refractivity contribution is -0.137. The number of benzene rings is 1. The number of amides is 1. The summed E-state index contributed by atoms with van der Waals surface area (Å²) in [4.78, 5) is 21.0. The first-order valence-electron chi connectivity index (χ1n) is 9.76. The van der Waals surface area contributed by atoms with Crippen LogP contribution in [-0.4, -0.2) is 33.2 Å². The Balaban J connectivity index is 1.69. The molecule has 8 nitrogen and oxygen atoms in total. The van der Waals surface area contributed by atoms with Crippen LogP contribution in [0.3, 0.4) is 0 Å². The number of carbonyl (C=O) groups is 1. The molecule has 0 aliphatic carbocycles. The number of nitrogens with one attached hydrogen (secondary N) is 3. The van der Waals surface area contributed by atoms with Crippen molar-refractivity contribution in [2.45, 2.75) is 6.18 Å². The molecular weight excluding hydrogens is 454 g/mol. The molecular formula is C22H17F4N7O. The topological polar surface area (TPSA) is 121 Å². The van der Waals surface area contributed by atoms with Crippen molar-refractivity contribution in [3.8, 4) is 11.1 Å². The van der Waals surface area contributed by atoms with E-state index in [1.807, 2.05) is 0 Å². The van der Waals surface area contributed by atoms with Gasteiger partial charge in [0.05, 0.1) is 34.9 Å². The van der Waals surface area contributed by atoms with Gasteiger partial charge in [-0.3, -0.25) is 19.6 Å². The third-order valence-electron chi connectivity index (χ3n) is 5.08. The predicted octanol–water partition coefficient (Wildman–Crippen LogP) is 4.13. The van der Waals surface area contributed by atoms with Crippen LogP contribution in [0.1, 0.15) is 21.6 Å². The van der Waals surface area contributed by atoms with E-state index < -0.39 is 29.2 Å². The molecule has 1 aromatic carbocycles. The maximum absolute atomic E-state index is 14.0. The van der Waals surface area contributed by atoms with E-state index in [0.29, 0.717) is 46.2 Å². The molecule has 0 fully saturated rings. The molecule has 0 spiro atoms. The molecule has 3 aromatic heterocycles. The minimum Gasteiger partial charge on any atom is -0.386 e. The third kappa shape index (κ3) is 4.12. The first-order chi connectivity index (χ1) is 16.1. The van der Waals surface area contributed by atoms with Crippen LogP contribution in [-0.2, 0) is 6.18 Å². The maximum atomic E-state index is 14.0. The van der Waals surface area contributed by atoms with Crippen LogP contribution in [0, 0.1) is 11.2 Å². The van der Waals surface area contributed by atoms with Crippen molar-refractivity contribution in [1.82, 2.24) is 14.4 Å². The molecule has 0 aliphatic rings. The minimum absolute atomic E-state index is 0.0211. The average Bonchev–Trinajstić information content (AvgIpc) is 3.22. The first-order valence-corrected chi connectivity index (χ1v) is 9.76. The zero-order valence-electron chi connectivity index (χ0n) is 17.5. The van der Waals surface area contributed by atoms with Gasteiger partial charge in [0.1, 0.15) is 23.0 Å². The zero-order valence-corrected chi connectivity index (χ0v) is 17.5. The molecule has 0 saturated heterocycles. The van der Waals surface area contributed by atoms with Crippen molar-refractivity contribution in [2.24, 2.45) is 5.73 Å². The molecule has 34 heavy (non-hydrogen) atoms. The fourth-order valence-electron chi connectivity index (χ4n) is 3.46. The number of hydrogen-bond acceptors (Lipinski definition) is 5. The van der Waals surface area contributed by atoms with Gasteiger partial charge in [0, 0.05) is 25.0 Å². The van der Waals surface area contributed by atoms with E-state index in [2.05, 4.69) is 20.6 Å². The number of anilines is 2. The van der Waals surface area contributed by atoms with Gasteiger partial charge < -0.3 is 16.4 Å². The number of halogens is 4. The summed E-state index contributed by atoms with van der Waals surface area (Å²) in [7, 11) is 1.67. The van der Waals surface area contributed by atoms with Crippen molar-refractivity contribution in [2.75, 3.05) is 17.7 Å². The van der Waals surface area contributed by atoms with Gasteiger partial charge in [-0.1, -0.05) is 0 Å². The monoisotopic (exact) mass is 471 g/mol. The largest absolute Gasteiger partial charge is 0.416 e. The van der Waals surface area contributed by atoms with Crippen molar-refractivity contribution in [1.29, 1.82) is 5.41 Å². The summed E-state index contributed by atoms with van der Waals surface area (Å²) in [5.41, 5.74) is 6.52. The fraction of sp³-hybridized carbons (Fsp3) is 0.0909. The molecule has 3 heterocycles. The number of alkyl halides is 3. The van der Waals surface area contributed by atoms with Crippen LogP contribution < -0.4 is 16.4 Å². The Morgan fingerprint density at radius 1 is 1.12 bits per heavy atom. The molecule has 5 N–H and O–H groups in total. The van der Waals surface area contributed by atoms with Gasteiger partial charge in [-0.05, 0) is 35.9 Å². The van der Waals surface area contributed by atoms with Gasteiger partial charge in [-0.15, -0.1) is 0 Å². The molecule has 0 bridgehead atoms. The molecule has 4 rings (SSSR count). The van der Waals surface area contributed by atoms with Crippen LogP contribution in [0.5, 0.6) is 0 Å². The van der Waals surface area contributed by atoms with Crippen LogP contribution in [0.2, 0.25) is 0 Å². The molecule has 174 valence electrons. The summed E-state index contributed by atoms with van der Waals surface area (Å²) in [5, 5.41) is 13.0. The predicted molar refractivity (Wildman–Crippen MR) is 118 cm³/mol. The normalized spacial score (nSPS) is 11.4. The lowest BCUT2D eigenvalue weighted by atomic mass is 10.0. The van der Waals surface area contributed by atoms with E-state index in [1.165, 1.54) is 29.2 Å². The number of rotatable bonds is 5. The van der Waals surface area contributed by atoms with Crippen molar-refractivity contribution in [3.05, 3.63) is 77.8 Å². The molecule has 0 unspecified atom stereocenters.